The Bertz CT molecular complexity index is 1360. The van der Waals surface area contributed by atoms with Crippen molar-refractivity contribution in [2.24, 2.45) is 5.92 Å². The van der Waals surface area contributed by atoms with Crippen LogP contribution in [-0.4, -0.2) is 73.5 Å². The van der Waals surface area contributed by atoms with Crippen molar-refractivity contribution in [2.75, 3.05) is 39.2 Å². The number of hydrogen-bond acceptors (Lipinski definition) is 6. The molecule has 3 atom stereocenters. The molecule has 0 fully saturated rings. The van der Waals surface area contributed by atoms with Gasteiger partial charge in [-0.25, -0.2) is 0 Å². The number of carbonyl (C=O) groups excluding carboxylic acids is 3. The highest BCUT2D eigenvalue weighted by molar-refractivity contribution is 6.05. The fourth-order valence-electron chi connectivity index (χ4n) is 4.79. The van der Waals surface area contributed by atoms with Crippen molar-refractivity contribution in [1.82, 2.24) is 9.80 Å². The van der Waals surface area contributed by atoms with Crippen LogP contribution in [0.1, 0.15) is 41.5 Å². The molecule has 1 N–H and O–H groups in total. The topological polar surface area (TPSA) is 97.4 Å². The van der Waals surface area contributed by atoms with Crippen molar-refractivity contribution in [2.45, 2.75) is 32.9 Å². The Morgan fingerprint density at radius 1 is 0.951 bits per heavy atom. The van der Waals surface area contributed by atoms with Crippen LogP contribution in [0, 0.1) is 5.92 Å². The molecule has 3 aromatic rings. The predicted molar refractivity (Wildman–Crippen MR) is 157 cm³/mol. The number of nitrogens with one attached hydrogen (secondary N) is 1. The summed E-state index contributed by atoms with van der Waals surface area (Å²) in [6.45, 7) is 6.44. The van der Waals surface area contributed by atoms with Crippen LogP contribution in [0.2, 0.25) is 0 Å². The average Bonchev–Trinajstić information content (AvgIpc) is 2.97. The van der Waals surface area contributed by atoms with Crippen molar-refractivity contribution in [3.8, 4) is 17.2 Å². The summed E-state index contributed by atoms with van der Waals surface area (Å²) in [4.78, 5) is 42.3. The molecule has 9 heteroatoms. The first kappa shape index (κ1) is 29.6. The summed E-state index contributed by atoms with van der Waals surface area (Å²) >= 11 is 0. The summed E-state index contributed by atoms with van der Waals surface area (Å²) in [6, 6.07) is 20.9. The van der Waals surface area contributed by atoms with Gasteiger partial charge in [0.1, 0.15) is 23.9 Å². The van der Waals surface area contributed by atoms with Gasteiger partial charge in [-0.1, -0.05) is 25.1 Å². The molecule has 216 valence electrons. The molecule has 9 nitrogen and oxygen atoms in total. The van der Waals surface area contributed by atoms with E-state index in [0.29, 0.717) is 47.2 Å². The number of fused-ring (bicyclic) bond motifs is 1. The summed E-state index contributed by atoms with van der Waals surface area (Å²) in [5, 5.41) is 2.88. The first-order chi connectivity index (χ1) is 19.7. The van der Waals surface area contributed by atoms with Gasteiger partial charge in [0.15, 0.2) is 0 Å². The molecule has 0 radical (unpaired) electrons. The Hall–Kier alpha value is -4.37. The molecule has 0 aromatic heterocycles. The zero-order valence-electron chi connectivity index (χ0n) is 24.1. The van der Waals surface area contributed by atoms with E-state index >= 15 is 0 Å². The zero-order valence-corrected chi connectivity index (χ0v) is 24.1. The number of hydrogen-bond donors (Lipinski definition) is 1. The predicted octanol–water partition coefficient (Wildman–Crippen LogP) is 5.08. The normalized spacial score (nSPS) is 19.7. The Kier molecular flexibility index (Phi) is 9.62. The van der Waals surface area contributed by atoms with Crippen molar-refractivity contribution >= 4 is 23.4 Å². The number of ether oxygens (including phenoxy) is 3. The smallest absolute Gasteiger partial charge is 0.257 e. The van der Waals surface area contributed by atoms with Crippen LogP contribution in [0.5, 0.6) is 17.2 Å². The molecule has 41 heavy (non-hydrogen) atoms. The van der Waals surface area contributed by atoms with Crippen LogP contribution in [0.3, 0.4) is 0 Å². The molecule has 1 aliphatic heterocycles. The zero-order chi connectivity index (χ0) is 29.5. The first-order valence-corrected chi connectivity index (χ1v) is 13.6. The van der Waals surface area contributed by atoms with Crippen LogP contribution >= 0.6 is 0 Å². The fraction of sp³-hybridized carbons (Fsp3) is 0.344. The summed E-state index contributed by atoms with van der Waals surface area (Å²) < 4.78 is 17.6. The molecule has 0 unspecified atom stereocenters. The van der Waals surface area contributed by atoms with Gasteiger partial charge < -0.3 is 29.3 Å². The number of para-hydroxylation sites is 1. The van der Waals surface area contributed by atoms with Gasteiger partial charge in [0, 0.05) is 57.4 Å². The third-order valence-corrected chi connectivity index (χ3v) is 7.20. The number of rotatable bonds is 5. The lowest BCUT2D eigenvalue weighted by atomic mass is 10.0. The van der Waals surface area contributed by atoms with E-state index < -0.39 is 0 Å². The highest BCUT2D eigenvalue weighted by Crippen LogP contribution is 2.28. The van der Waals surface area contributed by atoms with Gasteiger partial charge in [-0.15, -0.1) is 0 Å². The SMILES string of the molecule is CO[C@@H]1CN(C)C(=O)c2ccc(NC(=O)c3ccc(Oc4ccccc4)cc3)cc2OC[C@@H](C)N(C(C)=O)C[C@H]1C. The number of methoxy groups -OCH3 is 1. The van der Waals surface area contributed by atoms with Crippen LogP contribution in [0.4, 0.5) is 5.69 Å². The quantitative estimate of drug-likeness (QED) is 0.468. The van der Waals surface area contributed by atoms with E-state index in [1.165, 1.54) is 6.92 Å². The van der Waals surface area contributed by atoms with E-state index in [4.69, 9.17) is 14.2 Å². The molecule has 0 saturated carbocycles. The summed E-state index contributed by atoms with van der Waals surface area (Å²) in [7, 11) is 3.32. The second-order valence-corrected chi connectivity index (χ2v) is 10.4. The number of likely N-dealkylation sites (N-methyl/N-ethyl adjacent to an activating group) is 1. The molecule has 1 heterocycles. The molecule has 0 spiro atoms. The van der Waals surface area contributed by atoms with Crippen molar-refractivity contribution in [3.05, 3.63) is 83.9 Å². The highest BCUT2D eigenvalue weighted by Gasteiger charge is 2.29. The van der Waals surface area contributed by atoms with Gasteiger partial charge in [0.25, 0.3) is 11.8 Å². The van der Waals surface area contributed by atoms with Crippen molar-refractivity contribution in [1.29, 1.82) is 0 Å². The second kappa shape index (κ2) is 13.3. The molecule has 4 rings (SSSR count). The van der Waals surface area contributed by atoms with Gasteiger partial charge >= 0.3 is 0 Å². The van der Waals surface area contributed by atoms with Gasteiger partial charge in [-0.2, -0.15) is 0 Å². The largest absolute Gasteiger partial charge is 0.491 e. The molecule has 0 bridgehead atoms. The van der Waals surface area contributed by atoms with Gasteiger partial charge in [0.05, 0.1) is 17.7 Å². The van der Waals surface area contributed by atoms with Crippen molar-refractivity contribution in [3.63, 3.8) is 0 Å². The summed E-state index contributed by atoms with van der Waals surface area (Å²) in [5.74, 6) is 1.03. The van der Waals surface area contributed by atoms with Gasteiger partial charge in [-0.05, 0) is 55.5 Å². The first-order valence-electron chi connectivity index (χ1n) is 13.6. The van der Waals surface area contributed by atoms with E-state index in [1.54, 1.807) is 66.4 Å². The van der Waals surface area contributed by atoms with Gasteiger partial charge in [0.2, 0.25) is 5.91 Å². The van der Waals surface area contributed by atoms with Crippen LogP contribution in [0.15, 0.2) is 72.8 Å². The van der Waals surface area contributed by atoms with E-state index in [-0.39, 0.29) is 42.4 Å². The number of nitrogens with zero attached hydrogens (tertiary/aromatic N) is 2. The molecule has 0 aliphatic carbocycles. The lowest BCUT2D eigenvalue weighted by Gasteiger charge is -2.35. The number of carbonyl (C=O) groups is 3. The minimum absolute atomic E-state index is 0.00273. The van der Waals surface area contributed by atoms with Crippen molar-refractivity contribution < 1.29 is 28.6 Å². The minimum atomic E-state index is -0.319. The third kappa shape index (κ3) is 7.43. The van der Waals surface area contributed by atoms with E-state index in [1.807, 2.05) is 44.2 Å². The molecule has 0 saturated heterocycles. The van der Waals surface area contributed by atoms with E-state index in [0.717, 1.165) is 0 Å². The van der Waals surface area contributed by atoms with Crippen LogP contribution in [-0.2, 0) is 9.53 Å². The molecule has 3 aromatic carbocycles. The van der Waals surface area contributed by atoms with Crippen LogP contribution < -0.4 is 14.8 Å². The molecular weight excluding hydrogens is 522 g/mol. The monoisotopic (exact) mass is 559 g/mol. The highest BCUT2D eigenvalue weighted by atomic mass is 16.5. The third-order valence-electron chi connectivity index (χ3n) is 7.20. The maximum absolute atomic E-state index is 13.4. The number of benzene rings is 3. The fourth-order valence-corrected chi connectivity index (χ4v) is 4.79. The second-order valence-electron chi connectivity index (χ2n) is 10.4. The Morgan fingerprint density at radius 3 is 2.29 bits per heavy atom. The minimum Gasteiger partial charge on any atom is -0.491 e. The molecule has 1 aliphatic rings. The Labute approximate surface area is 241 Å². The maximum atomic E-state index is 13.4. The number of anilines is 1. The molecular formula is C32H37N3O6. The lowest BCUT2D eigenvalue weighted by Crippen LogP contribution is -2.48. The summed E-state index contributed by atoms with van der Waals surface area (Å²) in [5.41, 5.74) is 1.28. The number of amides is 3. The van der Waals surface area contributed by atoms with E-state index in [9.17, 15) is 14.4 Å². The maximum Gasteiger partial charge on any atom is 0.257 e. The lowest BCUT2D eigenvalue weighted by molar-refractivity contribution is -0.133. The molecule has 3 amide bonds. The Morgan fingerprint density at radius 2 is 1.63 bits per heavy atom. The van der Waals surface area contributed by atoms with Gasteiger partial charge in [-0.3, -0.25) is 14.4 Å². The van der Waals surface area contributed by atoms with E-state index in [2.05, 4.69) is 5.32 Å². The Balaban J connectivity index is 1.54. The van der Waals surface area contributed by atoms with Crippen LogP contribution in [0.25, 0.3) is 0 Å². The summed E-state index contributed by atoms with van der Waals surface area (Å²) in [6.07, 6.45) is -0.259. The average molecular weight is 560 g/mol. The standard InChI is InChI=1S/C32H37N3O6/c1-21-18-35(23(3)36)22(2)20-40-29-17-25(13-16-28(29)32(38)34(4)19-30(21)39-5)33-31(37)24-11-14-27(15-12-24)41-26-9-7-6-8-10-26/h6-17,21-22,30H,18-20H2,1-5H3,(H,33,37)/t21-,22-,30-/m1/s1.